The fourth-order valence-electron chi connectivity index (χ4n) is 0.998. The van der Waals surface area contributed by atoms with Crippen LogP contribution in [0.15, 0.2) is 18.3 Å². The smallest absolute Gasteiger partial charge is 0.200 e. The third kappa shape index (κ3) is 1.65. The molecule has 13 heavy (non-hydrogen) atoms. The summed E-state index contributed by atoms with van der Waals surface area (Å²) >= 11 is 1.18. The number of aryl methyl sites for hydroxylation is 1. The highest BCUT2D eigenvalue weighted by Gasteiger charge is 2.04. The molecule has 5 heteroatoms. The molecule has 2 rings (SSSR count). The fraction of sp³-hybridized carbons (Fsp3) is 0.125. The van der Waals surface area contributed by atoms with E-state index in [4.69, 9.17) is 5.73 Å². The van der Waals surface area contributed by atoms with Gasteiger partial charge in [0.15, 0.2) is 11.0 Å². The molecule has 0 atom stereocenters. The van der Waals surface area contributed by atoms with Crippen molar-refractivity contribution >= 4 is 16.7 Å². The summed E-state index contributed by atoms with van der Waals surface area (Å²) in [6, 6.07) is 3.86. The average Bonchev–Trinajstić information content (AvgIpc) is 2.52. The molecule has 0 aliphatic heterocycles. The summed E-state index contributed by atoms with van der Waals surface area (Å²) in [6.07, 6.45) is 1.74. The predicted octanol–water partition coefficient (Wildman–Crippen LogP) is 1.49. The van der Waals surface area contributed by atoms with E-state index in [1.165, 1.54) is 11.5 Å². The zero-order valence-electron chi connectivity index (χ0n) is 7.06. The third-order valence-electron chi connectivity index (χ3n) is 1.59. The van der Waals surface area contributed by atoms with E-state index >= 15 is 0 Å². The van der Waals surface area contributed by atoms with Crippen LogP contribution in [0.25, 0.3) is 11.5 Å². The zero-order chi connectivity index (χ0) is 9.26. The molecule has 66 valence electrons. The second-order valence-corrected chi connectivity index (χ2v) is 3.46. The van der Waals surface area contributed by atoms with E-state index in [0.717, 1.165) is 11.3 Å². The van der Waals surface area contributed by atoms with E-state index in [-0.39, 0.29) is 0 Å². The molecule has 0 bridgehead atoms. The van der Waals surface area contributed by atoms with Crippen molar-refractivity contribution in [2.45, 2.75) is 6.92 Å². The van der Waals surface area contributed by atoms with E-state index in [2.05, 4.69) is 14.3 Å². The van der Waals surface area contributed by atoms with Crippen LogP contribution in [0.2, 0.25) is 0 Å². The highest BCUT2D eigenvalue weighted by atomic mass is 32.1. The number of rotatable bonds is 1. The lowest BCUT2D eigenvalue weighted by Gasteiger charge is -1.94. The van der Waals surface area contributed by atoms with Crippen LogP contribution in [0.1, 0.15) is 5.56 Å². The van der Waals surface area contributed by atoms with Crippen molar-refractivity contribution in [3.05, 3.63) is 23.9 Å². The number of hydrogen-bond acceptors (Lipinski definition) is 5. The van der Waals surface area contributed by atoms with Gasteiger partial charge in [-0.2, -0.15) is 9.36 Å². The quantitative estimate of drug-likeness (QED) is 0.743. The molecule has 0 amide bonds. The summed E-state index contributed by atoms with van der Waals surface area (Å²) in [7, 11) is 0. The van der Waals surface area contributed by atoms with Crippen LogP contribution in [0, 0.1) is 6.92 Å². The van der Waals surface area contributed by atoms with Gasteiger partial charge in [-0.15, -0.1) is 0 Å². The zero-order valence-corrected chi connectivity index (χ0v) is 7.88. The van der Waals surface area contributed by atoms with Crippen LogP contribution in [-0.2, 0) is 0 Å². The fourth-order valence-corrected chi connectivity index (χ4v) is 1.44. The molecule has 2 aromatic heterocycles. The lowest BCUT2D eigenvalue weighted by Crippen LogP contribution is -1.87. The Morgan fingerprint density at radius 1 is 1.46 bits per heavy atom. The van der Waals surface area contributed by atoms with Crippen LogP contribution in [-0.4, -0.2) is 14.3 Å². The van der Waals surface area contributed by atoms with Crippen LogP contribution in [0.4, 0.5) is 5.13 Å². The first-order valence-corrected chi connectivity index (χ1v) is 4.55. The minimum absolute atomic E-state index is 0.471. The molecule has 2 N–H and O–H groups in total. The van der Waals surface area contributed by atoms with Gasteiger partial charge in [0.25, 0.3) is 0 Å². The van der Waals surface area contributed by atoms with Crippen LogP contribution in [0.3, 0.4) is 0 Å². The van der Waals surface area contributed by atoms with Crippen molar-refractivity contribution < 1.29 is 0 Å². The Bertz CT molecular complexity index is 424. The summed E-state index contributed by atoms with van der Waals surface area (Å²) in [5.41, 5.74) is 7.38. The number of hydrogen-bond donors (Lipinski definition) is 1. The van der Waals surface area contributed by atoms with Crippen LogP contribution < -0.4 is 5.73 Å². The first kappa shape index (κ1) is 8.12. The predicted molar refractivity (Wildman–Crippen MR) is 52.3 cm³/mol. The number of nitrogen functional groups attached to an aromatic ring is 1. The van der Waals surface area contributed by atoms with Gasteiger partial charge < -0.3 is 5.73 Å². The second kappa shape index (κ2) is 3.10. The highest BCUT2D eigenvalue weighted by molar-refractivity contribution is 7.09. The van der Waals surface area contributed by atoms with Gasteiger partial charge in [0.2, 0.25) is 0 Å². The third-order valence-corrected chi connectivity index (χ3v) is 2.13. The van der Waals surface area contributed by atoms with Gasteiger partial charge >= 0.3 is 0 Å². The summed E-state index contributed by atoms with van der Waals surface area (Å²) in [6.45, 7) is 2.00. The maximum Gasteiger partial charge on any atom is 0.200 e. The molecule has 0 saturated heterocycles. The maximum atomic E-state index is 5.47. The molecule has 0 spiro atoms. The molecular formula is C8H8N4S. The summed E-state index contributed by atoms with van der Waals surface area (Å²) in [5, 5.41) is 0.471. The molecule has 0 fully saturated rings. The minimum Gasteiger partial charge on any atom is -0.374 e. The van der Waals surface area contributed by atoms with Gasteiger partial charge in [0.1, 0.15) is 5.69 Å². The van der Waals surface area contributed by atoms with E-state index in [1.807, 2.05) is 19.1 Å². The van der Waals surface area contributed by atoms with E-state index in [9.17, 15) is 0 Å². The Morgan fingerprint density at radius 2 is 2.31 bits per heavy atom. The molecule has 0 aromatic carbocycles. The summed E-state index contributed by atoms with van der Waals surface area (Å²) in [4.78, 5) is 8.19. The lowest BCUT2D eigenvalue weighted by molar-refractivity contribution is 1.22. The normalized spacial score (nSPS) is 10.2. The van der Waals surface area contributed by atoms with Crippen LogP contribution >= 0.6 is 11.5 Å². The molecule has 4 nitrogen and oxygen atoms in total. The summed E-state index contributed by atoms with van der Waals surface area (Å²) < 4.78 is 4.07. The first-order valence-electron chi connectivity index (χ1n) is 3.78. The van der Waals surface area contributed by atoms with Gasteiger partial charge in [0, 0.05) is 17.7 Å². The Hall–Kier alpha value is -1.49. The van der Waals surface area contributed by atoms with Crippen molar-refractivity contribution in [2.24, 2.45) is 0 Å². The molecule has 0 aliphatic rings. The first-order chi connectivity index (χ1) is 6.25. The number of pyridine rings is 1. The van der Waals surface area contributed by atoms with Crippen molar-refractivity contribution in [1.29, 1.82) is 0 Å². The number of nitrogens with zero attached hydrogens (tertiary/aromatic N) is 3. The Balaban J connectivity index is 2.46. The lowest BCUT2D eigenvalue weighted by atomic mass is 10.2. The molecule has 0 aliphatic carbocycles. The molecule has 0 radical (unpaired) electrons. The Morgan fingerprint density at radius 3 is 2.92 bits per heavy atom. The molecule has 2 heterocycles. The topological polar surface area (TPSA) is 64.7 Å². The standard InChI is InChI=1S/C8H8N4S/c1-5-2-3-10-6(4-5)7-11-8(9)13-12-7/h2-4H,1H3,(H2,9,11,12). The number of aromatic nitrogens is 3. The van der Waals surface area contributed by atoms with Gasteiger partial charge in [0.05, 0.1) is 0 Å². The molecule has 0 saturated carbocycles. The van der Waals surface area contributed by atoms with Crippen molar-refractivity contribution in [3.8, 4) is 11.5 Å². The van der Waals surface area contributed by atoms with Crippen molar-refractivity contribution in [3.63, 3.8) is 0 Å². The van der Waals surface area contributed by atoms with Gasteiger partial charge in [-0.3, -0.25) is 4.98 Å². The second-order valence-electron chi connectivity index (χ2n) is 2.67. The summed E-state index contributed by atoms with van der Waals surface area (Å²) in [5.74, 6) is 0.603. The monoisotopic (exact) mass is 192 g/mol. The minimum atomic E-state index is 0.471. The van der Waals surface area contributed by atoms with E-state index in [1.54, 1.807) is 6.20 Å². The van der Waals surface area contributed by atoms with Gasteiger partial charge in [-0.1, -0.05) is 0 Å². The largest absolute Gasteiger partial charge is 0.374 e. The van der Waals surface area contributed by atoms with Crippen molar-refractivity contribution in [2.75, 3.05) is 5.73 Å². The average molecular weight is 192 g/mol. The molecule has 2 aromatic rings. The van der Waals surface area contributed by atoms with Gasteiger partial charge in [-0.25, -0.2) is 0 Å². The Labute approximate surface area is 79.6 Å². The van der Waals surface area contributed by atoms with E-state index in [0.29, 0.717) is 11.0 Å². The SMILES string of the molecule is Cc1ccnc(-c2nsc(N)n2)c1. The van der Waals surface area contributed by atoms with E-state index < -0.39 is 0 Å². The number of nitrogens with two attached hydrogens (primary N) is 1. The molecule has 0 unspecified atom stereocenters. The highest BCUT2D eigenvalue weighted by Crippen LogP contribution is 2.17. The Kier molecular flexibility index (Phi) is 1.94. The maximum absolute atomic E-state index is 5.47. The van der Waals surface area contributed by atoms with Crippen molar-refractivity contribution in [1.82, 2.24) is 14.3 Å². The van der Waals surface area contributed by atoms with Crippen LogP contribution in [0.5, 0.6) is 0 Å². The molecular weight excluding hydrogens is 184 g/mol. The van der Waals surface area contributed by atoms with Gasteiger partial charge in [-0.05, 0) is 24.6 Å². The number of anilines is 1.